The van der Waals surface area contributed by atoms with Gasteiger partial charge in [0.05, 0.1) is 16.5 Å². The predicted molar refractivity (Wildman–Crippen MR) is 77.7 cm³/mol. The molecule has 1 amide bonds. The third kappa shape index (κ3) is 3.23. The number of amides is 1. The zero-order valence-corrected chi connectivity index (χ0v) is 12.5. The van der Waals surface area contributed by atoms with Crippen molar-refractivity contribution in [2.75, 3.05) is 35.6 Å². The van der Waals surface area contributed by atoms with Crippen molar-refractivity contribution in [3.05, 3.63) is 23.2 Å². The van der Waals surface area contributed by atoms with E-state index >= 15 is 0 Å². The van der Waals surface area contributed by atoms with Gasteiger partial charge in [-0.25, -0.2) is 8.42 Å². The van der Waals surface area contributed by atoms with Crippen LogP contribution in [-0.4, -0.2) is 40.3 Å². The van der Waals surface area contributed by atoms with E-state index in [1.807, 2.05) is 0 Å². The molecular weight excluding hydrogens is 304 g/mol. The molecule has 0 atom stereocenters. The molecule has 0 spiro atoms. The maximum absolute atomic E-state index is 11.9. The smallest absolute Gasteiger partial charge is 0.250 e. The number of benzene rings is 1. The highest BCUT2D eigenvalue weighted by molar-refractivity contribution is 7.93. The Bertz CT molecular complexity index is 618. The van der Waals surface area contributed by atoms with Crippen molar-refractivity contribution < 1.29 is 17.9 Å². The van der Waals surface area contributed by atoms with Crippen molar-refractivity contribution in [2.24, 2.45) is 0 Å². The topological polar surface area (TPSA) is 75.7 Å². The van der Waals surface area contributed by atoms with Gasteiger partial charge in [0.2, 0.25) is 15.9 Å². The highest BCUT2D eigenvalue weighted by Crippen LogP contribution is 2.33. The quantitative estimate of drug-likeness (QED) is 0.912. The van der Waals surface area contributed by atoms with Gasteiger partial charge in [-0.2, -0.15) is 0 Å². The molecule has 0 bridgehead atoms. The van der Waals surface area contributed by atoms with Gasteiger partial charge < -0.3 is 10.1 Å². The molecule has 1 heterocycles. The molecule has 110 valence electrons. The Hall–Kier alpha value is -1.31. The fraction of sp³-hybridized carbons (Fsp3) is 0.417. The Morgan fingerprint density at radius 2 is 2.25 bits per heavy atom. The van der Waals surface area contributed by atoms with Gasteiger partial charge in [0, 0.05) is 19.3 Å². The molecule has 6 nitrogen and oxygen atoms in total. The van der Waals surface area contributed by atoms with Crippen LogP contribution >= 0.6 is 11.6 Å². The van der Waals surface area contributed by atoms with Gasteiger partial charge in [-0.3, -0.25) is 9.10 Å². The van der Waals surface area contributed by atoms with Gasteiger partial charge >= 0.3 is 0 Å². The van der Waals surface area contributed by atoms with Crippen LogP contribution in [0.4, 0.5) is 11.4 Å². The number of nitrogens with zero attached hydrogens (tertiary/aromatic N) is 1. The molecule has 1 aromatic carbocycles. The van der Waals surface area contributed by atoms with Crippen molar-refractivity contribution in [1.29, 1.82) is 0 Å². The Labute approximate surface area is 122 Å². The minimum atomic E-state index is -3.31. The van der Waals surface area contributed by atoms with Crippen molar-refractivity contribution in [3.63, 3.8) is 0 Å². The van der Waals surface area contributed by atoms with Gasteiger partial charge in [0.1, 0.15) is 6.61 Å². The van der Waals surface area contributed by atoms with E-state index in [1.54, 1.807) is 18.2 Å². The van der Waals surface area contributed by atoms with Gasteiger partial charge in [-0.05, 0) is 24.6 Å². The molecule has 0 unspecified atom stereocenters. The summed E-state index contributed by atoms with van der Waals surface area (Å²) in [5, 5.41) is 2.95. The number of sulfonamides is 1. The third-order valence-corrected chi connectivity index (χ3v) is 5.05. The second kappa shape index (κ2) is 5.99. The van der Waals surface area contributed by atoms with E-state index < -0.39 is 10.0 Å². The van der Waals surface area contributed by atoms with Crippen LogP contribution in [0, 0.1) is 0 Å². The maximum Gasteiger partial charge on any atom is 0.250 e. The second-order valence-corrected chi connectivity index (χ2v) is 6.81. The lowest BCUT2D eigenvalue weighted by Crippen LogP contribution is -2.25. The number of nitrogens with one attached hydrogen (secondary N) is 1. The molecule has 1 fully saturated rings. The molecule has 0 aromatic heterocycles. The highest BCUT2D eigenvalue weighted by atomic mass is 35.5. The normalized spacial score (nSPS) is 17.2. The molecule has 0 radical (unpaired) electrons. The Balaban J connectivity index is 2.28. The molecule has 0 saturated carbocycles. The fourth-order valence-electron chi connectivity index (χ4n) is 2.02. The first-order chi connectivity index (χ1) is 9.44. The highest BCUT2D eigenvalue weighted by Gasteiger charge is 2.30. The van der Waals surface area contributed by atoms with Gasteiger partial charge in [-0.15, -0.1) is 0 Å². The van der Waals surface area contributed by atoms with Crippen molar-refractivity contribution in [1.82, 2.24) is 0 Å². The van der Waals surface area contributed by atoms with Crippen LogP contribution in [0.15, 0.2) is 18.2 Å². The van der Waals surface area contributed by atoms with E-state index in [0.29, 0.717) is 29.4 Å². The van der Waals surface area contributed by atoms with Crippen molar-refractivity contribution in [3.8, 4) is 0 Å². The van der Waals surface area contributed by atoms with Gasteiger partial charge in [-0.1, -0.05) is 11.6 Å². The minimum Gasteiger partial charge on any atom is -0.375 e. The molecule has 0 aliphatic carbocycles. The Kier molecular flexibility index (Phi) is 4.52. The summed E-state index contributed by atoms with van der Waals surface area (Å²) in [4.78, 5) is 11.5. The van der Waals surface area contributed by atoms with Crippen LogP contribution in [-0.2, 0) is 19.6 Å². The number of halogens is 1. The van der Waals surface area contributed by atoms with E-state index in [1.165, 1.54) is 11.4 Å². The van der Waals surface area contributed by atoms with Crippen molar-refractivity contribution >= 4 is 38.9 Å². The monoisotopic (exact) mass is 318 g/mol. The number of ether oxygens (including phenoxy) is 1. The van der Waals surface area contributed by atoms with Gasteiger partial charge in [0.25, 0.3) is 0 Å². The lowest BCUT2D eigenvalue weighted by Gasteiger charge is -2.19. The molecular formula is C12H15ClN2O4S. The standard InChI is InChI=1S/C12H15ClN2O4S/c1-19-8-12(16)14-9-3-4-10(13)11(7-9)15-5-2-6-20(15,17)18/h3-4,7H,2,5-6,8H2,1H3,(H,14,16). The summed E-state index contributed by atoms with van der Waals surface area (Å²) >= 11 is 6.06. The van der Waals surface area contributed by atoms with E-state index in [-0.39, 0.29) is 18.3 Å². The first kappa shape index (κ1) is 15.1. The molecule has 20 heavy (non-hydrogen) atoms. The van der Waals surface area contributed by atoms with E-state index in [4.69, 9.17) is 16.3 Å². The summed E-state index contributed by atoms with van der Waals surface area (Å²) in [6.45, 7) is 0.331. The zero-order valence-electron chi connectivity index (χ0n) is 10.9. The fourth-order valence-corrected chi connectivity index (χ4v) is 3.86. The first-order valence-corrected chi connectivity index (χ1v) is 8.01. The minimum absolute atomic E-state index is 0.0695. The average molecular weight is 319 g/mol. The number of methoxy groups -OCH3 is 1. The summed E-state index contributed by atoms with van der Waals surface area (Å²) in [5.74, 6) is -0.200. The first-order valence-electron chi connectivity index (χ1n) is 6.03. The average Bonchev–Trinajstić information content (AvgIpc) is 2.72. The number of hydrogen-bond acceptors (Lipinski definition) is 4. The molecule has 1 aliphatic heterocycles. The van der Waals surface area contributed by atoms with E-state index in [9.17, 15) is 13.2 Å². The van der Waals surface area contributed by atoms with Crippen LogP contribution in [0.3, 0.4) is 0 Å². The molecule has 1 saturated heterocycles. The lowest BCUT2D eigenvalue weighted by atomic mass is 10.2. The number of carbonyl (C=O) groups is 1. The number of rotatable bonds is 4. The SMILES string of the molecule is COCC(=O)Nc1ccc(Cl)c(N2CCCS2(=O)=O)c1. The van der Waals surface area contributed by atoms with E-state index in [0.717, 1.165) is 0 Å². The number of anilines is 2. The number of carbonyl (C=O) groups excluding carboxylic acids is 1. The maximum atomic E-state index is 11.9. The summed E-state index contributed by atoms with van der Waals surface area (Å²) < 4.78 is 29.8. The summed E-state index contributed by atoms with van der Waals surface area (Å²) in [7, 11) is -1.89. The largest absolute Gasteiger partial charge is 0.375 e. The van der Waals surface area contributed by atoms with Crippen molar-refractivity contribution in [2.45, 2.75) is 6.42 Å². The van der Waals surface area contributed by atoms with Crippen LogP contribution in [0.25, 0.3) is 0 Å². The third-order valence-electron chi connectivity index (χ3n) is 2.87. The number of hydrogen-bond donors (Lipinski definition) is 1. The zero-order chi connectivity index (χ0) is 14.8. The molecule has 1 N–H and O–H groups in total. The molecule has 2 rings (SSSR count). The Morgan fingerprint density at radius 3 is 2.85 bits per heavy atom. The van der Waals surface area contributed by atoms with Crippen LogP contribution in [0.2, 0.25) is 5.02 Å². The lowest BCUT2D eigenvalue weighted by molar-refractivity contribution is -0.119. The Morgan fingerprint density at radius 1 is 1.50 bits per heavy atom. The van der Waals surface area contributed by atoms with Gasteiger partial charge in [0.15, 0.2) is 0 Å². The van der Waals surface area contributed by atoms with E-state index in [2.05, 4.69) is 5.32 Å². The van der Waals surface area contributed by atoms with Crippen LogP contribution < -0.4 is 9.62 Å². The second-order valence-electron chi connectivity index (χ2n) is 4.39. The predicted octanol–water partition coefficient (Wildman–Crippen LogP) is 1.46. The summed E-state index contributed by atoms with van der Waals surface area (Å²) in [6.07, 6.45) is 0.568. The molecule has 8 heteroatoms. The van der Waals surface area contributed by atoms with Crippen LogP contribution in [0.1, 0.15) is 6.42 Å². The molecule has 1 aromatic rings. The summed E-state index contributed by atoms with van der Waals surface area (Å²) in [6, 6.07) is 4.73. The van der Waals surface area contributed by atoms with Crippen LogP contribution in [0.5, 0.6) is 0 Å². The molecule has 1 aliphatic rings. The summed E-state index contributed by atoms with van der Waals surface area (Å²) in [5.41, 5.74) is 0.868.